The standard InChI is InChI=1S/C22H27N3O6S/c1-4-25(15-21(27)24-19-7-5-6-8-20(19)31-3)22(28)13-14-23-32(29,30)18-11-9-17(10-12-18)16(2)26/h5-12,23H,4,13-15H2,1-3H3,(H,24,27). The minimum Gasteiger partial charge on any atom is -0.495 e. The Labute approximate surface area is 187 Å². The van der Waals surface area contributed by atoms with E-state index in [2.05, 4.69) is 10.0 Å². The quantitative estimate of drug-likeness (QED) is 0.494. The normalized spacial score (nSPS) is 11.0. The number of carbonyl (C=O) groups excluding carboxylic acids is 3. The second-order valence-corrected chi connectivity index (χ2v) is 8.65. The molecule has 0 heterocycles. The SMILES string of the molecule is CCN(CC(=O)Nc1ccccc1OC)C(=O)CCNS(=O)(=O)c1ccc(C(C)=O)cc1. The highest BCUT2D eigenvalue weighted by Gasteiger charge is 2.19. The Bertz CT molecular complexity index is 1070. The predicted molar refractivity (Wildman–Crippen MR) is 120 cm³/mol. The van der Waals surface area contributed by atoms with Gasteiger partial charge in [0.25, 0.3) is 0 Å². The third-order valence-corrected chi connectivity index (χ3v) is 6.13. The van der Waals surface area contributed by atoms with E-state index in [-0.39, 0.29) is 42.6 Å². The molecule has 172 valence electrons. The number of nitrogens with one attached hydrogen (secondary N) is 2. The number of hydrogen-bond acceptors (Lipinski definition) is 6. The number of ketones is 1. The fourth-order valence-electron chi connectivity index (χ4n) is 2.89. The number of ether oxygens (including phenoxy) is 1. The number of Topliss-reactive ketones (excluding diaryl/α,β-unsaturated/α-hetero) is 1. The number of hydrogen-bond donors (Lipinski definition) is 2. The zero-order chi connectivity index (χ0) is 23.7. The molecule has 0 aliphatic rings. The lowest BCUT2D eigenvalue weighted by molar-refractivity contribution is -0.134. The van der Waals surface area contributed by atoms with Crippen molar-refractivity contribution in [3.05, 3.63) is 54.1 Å². The second-order valence-electron chi connectivity index (χ2n) is 6.88. The molecule has 2 aromatic carbocycles. The summed E-state index contributed by atoms with van der Waals surface area (Å²) in [6, 6.07) is 12.5. The number of anilines is 1. The zero-order valence-electron chi connectivity index (χ0n) is 18.3. The lowest BCUT2D eigenvalue weighted by Gasteiger charge is -2.21. The number of nitrogens with zero attached hydrogens (tertiary/aromatic N) is 1. The number of likely N-dealkylation sites (N-methyl/N-ethyl adjacent to an activating group) is 1. The van der Waals surface area contributed by atoms with E-state index in [9.17, 15) is 22.8 Å². The van der Waals surface area contributed by atoms with Crippen LogP contribution in [0.4, 0.5) is 5.69 Å². The number of sulfonamides is 1. The lowest BCUT2D eigenvalue weighted by atomic mass is 10.2. The molecule has 0 aliphatic heterocycles. The summed E-state index contributed by atoms with van der Waals surface area (Å²) in [5, 5.41) is 2.70. The minimum absolute atomic E-state index is 0.00140. The van der Waals surface area contributed by atoms with Crippen LogP contribution in [-0.4, -0.2) is 57.7 Å². The molecule has 0 radical (unpaired) electrons. The lowest BCUT2D eigenvalue weighted by Crippen LogP contribution is -2.39. The maximum atomic E-state index is 12.5. The monoisotopic (exact) mass is 461 g/mol. The summed E-state index contributed by atoms with van der Waals surface area (Å²) in [5.74, 6) is -0.420. The molecular formula is C22H27N3O6S. The molecule has 0 spiro atoms. The maximum Gasteiger partial charge on any atom is 0.244 e. The van der Waals surface area contributed by atoms with Gasteiger partial charge in [0.1, 0.15) is 5.75 Å². The van der Waals surface area contributed by atoms with Gasteiger partial charge in [0.2, 0.25) is 21.8 Å². The van der Waals surface area contributed by atoms with Crippen LogP contribution < -0.4 is 14.8 Å². The van der Waals surface area contributed by atoms with Gasteiger partial charge in [-0.05, 0) is 38.1 Å². The van der Waals surface area contributed by atoms with Gasteiger partial charge in [-0.25, -0.2) is 13.1 Å². The van der Waals surface area contributed by atoms with E-state index in [1.807, 2.05) is 0 Å². The van der Waals surface area contributed by atoms with Crippen molar-refractivity contribution >= 4 is 33.3 Å². The summed E-state index contributed by atoms with van der Waals surface area (Å²) in [5.41, 5.74) is 0.899. The van der Waals surface area contributed by atoms with Gasteiger partial charge in [-0.1, -0.05) is 24.3 Å². The van der Waals surface area contributed by atoms with Gasteiger partial charge in [0.05, 0.1) is 24.2 Å². The van der Waals surface area contributed by atoms with E-state index in [1.165, 1.54) is 43.2 Å². The summed E-state index contributed by atoms with van der Waals surface area (Å²) in [6.45, 7) is 3.11. The molecule has 0 aliphatic carbocycles. The van der Waals surface area contributed by atoms with Crippen molar-refractivity contribution in [2.75, 3.05) is 32.1 Å². The molecule has 2 amide bonds. The Balaban J connectivity index is 1.89. The van der Waals surface area contributed by atoms with Crippen molar-refractivity contribution in [3.63, 3.8) is 0 Å². The van der Waals surface area contributed by atoms with Gasteiger partial charge in [0.15, 0.2) is 5.78 Å². The molecule has 0 bridgehead atoms. The van der Waals surface area contributed by atoms with Gasteiger partial charge in [-0.2, -0.15) is 0 Å². The molecule has 2 N–H and O–H groups in total. The van der Waals surface area contributed by atoms with Crippen LogP contribution in [0.25, 0.3) is 0 Å². The topological polar surface area (TPSA) is 122 Å². The first-order chi connectivity index (χ1) is 15.2. The Kier molecular flexibility index (Phi) is 8.91. The van der Waals surface area contributed by atoms with Crippen LogP contribution in [0.3, 0.4) is 0 Å². The maximum absolute atomic E-state index is 12.5. The first kappa shape index (κ1) is 25.0. The zero-order valence-corrected chi connectivity index (χ0v) is 19.1. The molecule has 0 saturated heterocycles. The van der Waals surface area contributed by atoms with E-state index in [0.29, 0.717) is 17.0 Å². The Morgan fingerprint density at radius 1 is 1.03 bits per heavy atom. The second kappa shape index (κ2) is 11.4. The van der Waals surface area contributed by atoms with Crippen LogP contribution in [0, 0.1) is 0 Å². The third kappa shape index (κ3) is 6.89. The highest BCUT2D eigenvalue weighted by atomic mass is 32.2. The average Bonchev–Trinajstić information content (AvgIpc) is 2.77. The largest absolute Gasteiger partial charge is 0.495 e. The molecule has 0 saturated carbocycles. The molecule has 2 rings (SSSR count). The minimum atomic E-state index is -3.83. The van der Waals surface area contributed by atoms with Gasteiger partial charge >= 0.3 is 0 Å². The van der Waals surface area contributed by atoms with Crippen LogP contribution in [0.5, 0.6) is 5.75 Å². The van der Waals surface area contributed by atoms with E-state index in [0.717, 1.165) is 0 Å². The molecule has 10 heteroatoms. The summed E-state index contributed by atoms with van der Waals surface area (Å²) >= 11 is 0. The first-order valence-electron chi connectivity index (χ1n) is 9.99. The average molecular weight is 462 g/mol. The van der Waals surface area contributed by atoms with Gasteiger partial charge < -0.3 is 15.0 Å². The molecule has 0 aromatic heterocycles. The van der Waals surface area contributed by atoms with E-state index >= 15 is 0 Å². The number of methoxy groups -OCH3 is 1. The summed E-state index contributed by atoms with van der Waals surface area (Å²) < 4.78 is 32.3. The fraction of sp³-hybridized carbons (Fsp3) is 0.318. The van der Waals surface area contributed by atoms with Crippen molar-refractivity contribution in [1.29, 1.82) is 0 Å². The van der Waals surface area contributed by atoms with Gasteiger partial charge in [-0.15, -0.1) is 0 Å². The van der Waals surface area contributed by atoms with Crippen molar-refractivity contribution in [2.45, 2.75) is 25.2 Å². The molecule has 9 nitrogen and oxygen atoms in total. The van der Waals surface area contributed by atoms with Crippen molar-refractivity contribution < 1.29 is 27.5 Å². The molecule has 0 atom stereocenters. The number of benzene rings is 2. The fourth-order valence-corrected chi connectivity index (χ4v) is 3.92. The third-order valence-electron chi connectivity index (χ3n) is 4.65. The summed E-state index contributed by atoms with van der Waals surface area (Å²) in [4.78, 5) is 37.5. The Morgan fingerprint density at radius 3 is 2.28 bits per heavy atom. The van der Waals surface area contributed by atoms with Crippen LogP contribution >= 0.6 is 0 Å². The van der Waals surface area contributed by atoms with E-state index in [1.54, 1.807) is 31.2 Å². The van der Waals surface area contributed by atoms with Crippen LogP contribution in [0.2, 0.25) is 0 Å². The summed E-state index contributed by atoms with van der Waals surface area (Å²) in [6.07, 6.45) is -0.111. The van der Waals surface area contributed by atoms with Crippen molar-refractivity contribution in [2.24, 2.45) is 0 Å². The number of para-hydroxylation sites is 2. The van der Waals surface area contributed by atoms with Crippen molar-refractivity contribution in [3.8, 4) is 5.75 Å². The van der Waals surface area contributed by atoms with Crippen LogP contribution in [-0.2, 0) is 19.6 Å². The Hall–Kier alpha value is -3.24. The van der Waals surface area contributed by atoms with Gasteiger partial charge in [0, 0.05) is 25.1 Å². The van der Waals surface area contributed by atoms with Gasteiger partial charge in [-0.3, -0.25) is 14.4 Å². The predicted octanol–water partition coefficient (Wildman–Crippen LogP) is 2.05. The molecular weight excluding hydrogens is 434 g/mol. The van der Waals surface area contributed by atoms with Crippen molar-refractivity contribution in [1.82, 2.24) is 9.62 Å². The highest BCUT2D eigenvalue weighted by molar-refractivity contribution is 7.89. The van der Waals surface area contributed by atoms with E-state index < -0.39 is 15.9 Å². The summed E-state index contributed by atoms with van der Waals surface area (Å²) in [7, 11) is -2.34. The smallest absolute Gasteiger partial charge is 0.244 e. The number of rotatable bonds is 11. The Morgan fingerprint density at radius 2 is 1.69 bits per heavy atom. The number of amides is 2. The van der Waals surface area contributed by atoms with E-state index in [4.69, 9.17) is 4.74 Å². The molecule has 0 unspecified atom stereocenters. The number of carbonyl (C=O) groups is 3. The van der Waals surface area contributed by atoms with Crippen LogP contribution in [0.1, 0.15) is 30.6 Å². The molecule has 2 aromatic rings. The first-order valence-corrected chi connectivity index (χ1v) is 11.5. The molecule has 0 fully saturated rings. The highest BCUT2D eigenvalue weighted by Crippen LogP contribution is 2.22. The molecule has 32 heavy (non-hydrogen) atoms. The van der Waals surface area contributed by atoms with Crippen LogP contribution in [0.15, 0.2) is 53.4 Å².